The lowest BCUT2D eigenvalue weighted by atomic mass is 9.92. The molecule has 1 unspecified atom stereocenters. The Morgan fingerprint density at radius 1 is 1.11 bits per heavy atom. The third-order valence-corrected chi connectivity index (χ3v) is 6.02. The third kappa shape index (κ3) is 4.98. The second-order valence-electron chi connectivity index (χ2n) is 9.24. The second kappa shape index (κ2) is 8.13. The fraction of sp³-hybridized carbons (Fsp3) is 0.762. The normalized spacial score (nSPS) is 22.4. The summed E-state index contributed by atoms with van der Waals surface area (Å²) >= 11 is 0. The Kier molecular flexibility index (Phi) is 6.04. The molecule has 2 saturated heterocycles. The highest BCUT2D eigenvalue weighted by molar-refractivity contribution is 5.73. The van der Waals surface area contributed by atoms with Gasteiger partial charge >= 0.3 is 0 Å². The molecular formula is C21H34N4O2. The van der Waals surface area contributed by atoms with E-state index < -0.39 is 0 Å². The van der Waals surface area contributed by atoms with Crippen LogP contribution in [-0.2, 0) is 16.8 Å². The van der Waals surface area contributed by atoms with Crippen LogP contribution >= 0.6 is 0 Å². The van der Waals surface area contributed by atoms with Crippen LogP contribution < -0.4 is 5.56 Å². The molecule has 0 bridgehead atoms. The van der Waals surface area contributed by atoms with Crippen LogP contribution in [0, 0.1) is 5.92 Å². The molecule has 1 amide bonds. The topological polar surface area (TPSA) is 58.4 Å². The van der Waals surface area contributed by atoms with Gasteiger partial charge in [-0.1, -0.05) is 20.8 Å². The number of aromatic nitrogens is 2. The minimum absolute atomic E-state index is 0.00603. The molecule has 2 aliphatic rings. The lowest BCUT2D eigenvalue weighted by Crippen LogP contribution is -2.45. The number of rotatable bonds is 4. The molecule has 1 aromatic heterocycles. The van der Waals surface area contributed by atoms with Gasteiger partial charge in [0.15, 0.2) is 0 Å². The Balaban J connectivity index is 1.54. The van der Waals surface area contributed by atoms with Gasteiger partial charge < -0.3 is 9.80 Å². The van der Waals surface area contributed by atoms with Crippen LogP contribution in [0.15, 0.2) is 16.9 Å². The summed E-state index contributed by atoms with van der Waals surface area (Å²) in [6, 6.07) is 3.88. The molecule has 0 radical (unpaired) electrons. The van der Waals surface area contributed by atoms with E-state index in [0.29, 0.717) is 18.5 Å². The SMILES string of the molecule is CC(=O)N1CCCC1CN1CCC(Cn2nc(C(C)(C)C)ccc2=O)CC1. The molecule has 3 rings (SSSR count). The van der Waals surface area contributed by atoms with Crippen molar-refractivity contribution in [1.82, 2.24) is 19.6 Å². The van der Waals surface area contributed by atoms with Crippen LogP contribution in [-0.4, -0.2) is 57.7 Å². The second-order valence-corrected chi connectivity index (χ2v) is 9.24. The summed E-state index contributed by atoms with van der Waals surface area (Å²) in [5, 5.41) is 4.62. The van der Waals surface area contributed by atoms with E-state index >= 15 is 0 Å². The predicted octanol–water partition coefficient (Wildman–Crippen LogP) is 2.26. The molecule has 0 saturated carbocycles. The molecule has 1 aromatic rings. The Morgan fingerprint density at radius 2 is 1.81 bits per heavy atom. The van der Waals surface area contributed by atoms with Crippen LogP contribution in [0.2, 0.25) is 0 Å². The summed E-state index contributed by atoms with van der Waals surface area (Å²) in [5.74, 6) is 0.700. The number of piperidine rings is 1. The Bertz CT molecular complexity index is 714. The van der Waals surface area contributed by atoms with Crippen molar-refractivity contribution in [3.05, 3.63) is 28.2 Å². The molecule has 2 aliphatic heterocycles. The average molecular weight is 375 g/mol. The van der Waals surface area contributed by atoms with Crippen LogP contribution in [0.1, 0.15) is 59.1 Å². The van der Waals surface area contributed by atoms with E-state index in [1.807, 2.05) is 11.0 Å². The summed E-state index contributed by atoms with van der Waals surface area (Å²) in [7, 11) is 0. The molecule has 150 valence electrons. The molecule has 27 heavy (non-hydrogen) atoms. The van der Waals surface area contributed by atoms with Crippen molar-refractivity contribution < 1.29 is 4.79 Å². The fourth-order valence-corrected chi connectivity index (χ4v) is 4.31. The zero-order valence-electron chi connectivity index (χ0n) is 17.3. The van der Waals surface area contributed by atoms with E-state index in [2.05, 4.69) is 30.8 Å². The first-order valence-electron chi connectivity index (χ1n) is 10.3. The van der Waals surface area contributed by atoms with Crippen LogP contribution in [0.4, 0.5) is 0 Å². The predicted molar refractivity (Wildman–Crippen MR) is 107 cm³/mol. The summed E-state index contributed by atoms with van der Waals surface area (Å²) in [6.45, 7) is 12.7. The van der Waals surface area contributed by atoms with Gasteiger partial charge in [-0.2, -0.15) is 5.10 Å². The zero-order chi connectivity index (χ0) is 19.6. The van der Waals surface area contributed by atoms with Gasteiger partial charge in [-0.05, 0) is 50.8 Å². The van der Waals surface area contributed by atoms with Gasteiger partial charge in [0, 0.05) is 44.1 Å². The van der Waals surface area contributed by atoms with Crippen molar-refractivity contribution in [2.75, 3.05) is 26.2 Å². The summed E-state index contributed by atoms with van der Waals surface area (Å²) < 4.78 is 1.66. The number of carbonyl (C=O) groups excluding carboxylic acids is 1. The fourth-order valence-electron chi connectivity index (χ4n) is 4.31. The monoisotopic (exact) mass is 374 g/mol. The Morgan fingerprint density at radius 3 is 2.44 bits per heavy atom. The minimum Gasteiger partial charge on any atom is -0.339 e. The Hall–Kier alpha value is -1.69. The quantitative estimate of drug-likeness (QED) is 0.811. The minimum atomic E-state index is -0.0529. The van der Waals surface area contributed by atoms with Crippen molar-refractivity contribution in [2.24, 2.45) is 5.92 Å². The van der Waals surface area contributed by atoms with Crippen LogP contribution in [0.25, 0.3) is 0 Å². The smallest absolute Gasteiger partial charge is 0.266 e. The van der Waals surface area contributed by atoms with Crippen LogP contribution in [0.5, 0.6) is 0 Å². The molecule has 2 fully saturated rings. The highest BCUT2D eigenvalue weighted by Gasteiger charge is 2.30. The molecule has 6 nitrogen and oxygen atoms in total. The van der Waals surface area contributed by atoms with Crippen molar-refractivity contribution in [1.29, 1.82) is 0 Å². The first kappa shape index (κ1) is 20.1. The maximum absolute atomic E-state index is 12.2. The number of hydrogen-bond donors (Lipinski definition) is 0. The molecule has 6 heteroatoms. The van der Waals surface area contributed by atoms with Crippen molar-refractivity contribution in [2.45, 2.75) is 71.4 Å². The maximum Gasteiger partial charge on any atom is 0.266 e. The summed E-state index contributed by atoms with van der Waals surface area (Å²) in [4.78, 5) is 28.5. The zero-order valence-corrected chi connectivity index (χ0v) is 17.3. The van der Waals surface area contributed by atoms with Gasteiger partial charge in [0.05, 0.1) is 5.69 Å². The average Bonchev–Trinajstić information content (AvgIpc) is 3.06. The van der Waals surface area contributed by atoms with E-state index in [0.717, 1.165) is 57.6 Å². The maximum atomic E-state index is 12.2. The highest BCUT2D eigenvalue weighted by Crippen LogP contribution is 2.23. The van der Waals surface area contributed by atoms with Gasteiger partial charge in [0.2, 0.25) is 5.91 Å². The van der Waals surface area contributed by atoms with Gasteiger partial charge in [0.1, 0.15) is 0 Å². The Labute approximate surface area is 162 Å². The van der Waals surface area contributed by atoms with Crippen LogP contribution in [0.3, 0.4) is 0 Å². The molecule has 0 N–H and O–H groups in total. The molecular weight excluding hydrogens is 340 g/mol. The summed E-state index contributed by atoms with van der Waals surface area (Å²) in [6.07, 6.45) is 4.42. The number of carbonyl (C=O) groups is 1. The lowest BCUT2D eigenvalue weighted by Gasteiger charge is -2.35. The van der Waals surface area contributed by atoms with Crippen molar-refractivity contribution in [3.8, 4) is 0 Å². The third-order valence-electron chi connectivity index (χ3n) is 6.02. The van der Waals surface area contributed by atoms with E-state index in [-0.39, 0.29) is 16.9 Å². The van der Waals surface area contributed by atoms with E-state index in [1.165, 1.54) is 0 Å². The van der Waals surface area contributed by atoms with Gasteiger partial charge in [0.25, 0.3) is 5.56 Å². The standard InChI is InChI=1S/C21H34N4O2/c1-16(26)24-11-5-6-18(24)15-23-12-9-17(10-13-23)14-25-20(27)8-7-19(22-25)21(2,3)4/h7-8,17-18H,5-6,9-15H2,1-4H3. The summed E-state index contributed by atoms with van der Waals surface area (Å²) in [5.41, 5.74) is 0.904. The van der Waals surface area contributed by atoms with Gasteiger partial charge in [-0.15, -0.1) is 0 Å². The van der Waals surface area contributed by atoms with E-state index in [4.69, 9.17) is 0 Å². The molecule has 0 spiro atoms. The number of amides is 1. The molecule has 1 atom stereocenters. The number of likely N-dealkylation sites (tertiary alicyclic amines) is 2. The van der Waals surface area contributed by atoms with E-state index in [9.17, 15) is 9.59 Å². The number of hydrogen-bond acceptors (Lipinski definition) is 4. The lowest BCUT2D eigenvalue weighted by molar-refractivity contribution is -0.130. The number of nitrogens with zero attached hydrogens (tertiary/aromatic N) is 4. The first-order chi connectivity index (χ1) is 12.7. The van der Waals surface area contributed by atoms with E-state index in [1.54, 1.807) is 17.7 Å². The van der Waals surface area contributed by atoms with Crippen molar-refractivity contribution in [3.63, 3.8) is 0 Å². The highest BCUT2D eigenvalue weighted by atomic mass is 16.2. The van der Waals surface area contributed by atoms with Gasteiger partial charge in [-0.25, -0.2) is 4.68 Å². The molecule has 0 aliphatic carbocycles. The van der Waals surface area contributed by atoms with Gasteiger partial charge in [-0.3, -0.25) is 9.59 Å². The van der Waals surface area contributed by atoms with Crippen molar-refractivity contribution >= 4 is 5.91 Å². The molecule has 0 aromatic carbocycles. The molecule has 3 heterocycles. The largest absolute Gasteiger partial charge is 0.339 e. The first-order valence-corrected chi connectivity index (χ1v) is 10.3.